The van der Waals surface area contributed by atoms with Gasteiger partial charge in [0, 0.05) is 0 Å². The number of carbonyl (C=O) groups is 1. The summed E-state index contributed by atoms with van der Waals surface area (Å²) in [6.45, 7) is 0. The summed E-state index contributed by atoms with van der Waals surface area (Å²) >= 11 is 0. The van der Waals surface area contributed by atoms with E-state index in [2.05, 4.69) is 6.07 Å². The van der Waals surface area contributed by atoms with Gasteiger partial charge < -0.3 is 4.74 Å². The van der Waals surface area contributed by atoms with Crippen molar-refractivity contribution < 1.29 is 9.53 Å². The molecule has 2 fully saturated rings. The summed E-state index contributed by atoms with van der Waals surface area (Å²) < 4.78 is 5.69. The van der Waals surface area contributed by atoms with Crippen LogP contribution in [0.4, 0.5) is 0 Å². The topological polar surface area (TPSA) is 26.3 Å². The van der Waals surface area contributed by atoms with Crippen molar-refractivity contribution >= 4 is 16.7 Å². The Morgan fingerprint density at radius 2 is 1.80 bits per heavy atom. The van der Waals surface area contributed by atoms with Crippen molar-refractivity contribution in [3.8, 4) is 5.75 Å². The van der Waals surface area contributed by atoms with Crippen LogP contribution < -0.4 is 4.74 Å². The van der Waals surface area contributed by atoms with Crippen molar-refractivity contribution in [2.24, 2.45) is 11.3 Å². The van der Waals surface area contributed by atoms with Crippen LogP contribution in [0.5, 0.6) is 5.75 Å². The molecule has 0 amide bonds. The molecule has 20 heavy (non-hydrogen) atoms. The minimum absolute atomic E-state index is 0.00668. The fraction of sp³-hybridized carbons (Fsp3) is 0.389. The summed E-state index contributed by atoms with van der Waals surface area (Å²) in [5.74, 6) is 1.44. The number of carbonyl (C=O) groups excluding carboxylic acids is 1. The van der Waals surface area contributed by atoms with Gasteiger partial charge in [-0.05, 0) is 60.9 Å². The normalized spacial score (nSPS) is 27.9. The maximum atomic E-state index is 12.5. The average molecular weight is 266 g/mol. The van der Waals surface area contributed by atoms with Gasteiger partial charge in [-0.1, -0.05) is 30.3 Å². The molecule has 0 spiro atoms. The Hall–Kier alpha value is -1.83. The summed E-state index contributed by atoms with van der Waals surface area (Å²) in [5.41, 5.74) is -0.170. The van der Waals surface area contributed by atoms with Crippen LogP contribution >= 0.6 is 0 Å². The van der Waals surface area contributed by atoms with Gasteiger partial charge in [-0.2, -0.15) is 0 Å². The Labute approximate surface area is 118 Å². The number of ether oxygens (including phenoxy) is 1. The van der Waals surface area contributed by atoms with E-state index >= 15 is 0 Å². The van der Waals surface area contributed by atoms with Crippen LogP contribution in [0.2, 0.25) is 0 Å². The van der Waals surface area contributed by atoms with Crippen LogP contribution in [0.25, 0.3) is 10.8 Å². The largest absolute Gasteiger partial charge is 0.426 e. The fourth-order valence-electron chi connectivity index (χ4n) is 3.92. The van der Waals surface area contributed by atoms with Crippen molar-refractivity contribution in [2.75, 3.05) is 0 Å². The highest BCUT2D eigenvalue weighted by Crippen LogP contribution is 2.54. The van der Waals surface area contributed by atoms with Crippen molar-refractivity contribution in [1.29, 1.82) is 0 Å². The predicted molar refractivity (Wildman–Crippen MR) is 78.6 cm³/mol. The van der Waals surface area contributed by atoms with E-state index < -0.39 is 0 Å². The van der Waals surface area contributed by atoms with Gasteiger partial charge >= 0.3 is 5.97 Å². The number of hydrogen-bond acceptors (Lipinski definition) is 2. The Morgan fingerprint density at radius 1 is 1.05 bits per heavy atom. The second kappa shape index (κ2) is 4.34. The first kappa shape index (κ1) is 12.0. The summed E-state index contributed by atoms with van der Waals surface area (Å²) in [7, 11) is 0. The van der Waals surface area contributed by atoms with Gasteiger partial charge in [-0.15, -0.1) is 0 Å². The average Bonchev–Trinajstić information content (AvgIpc) is 3.09. The minimum atomic E-state index is -0.170. The van der Waals surface area contributed by atoms with Crippen molar-refractivity contribution in [2.45, 2.75) is 32.1 Å². The number of rotatable bonds is 2. The third-order valence-electron chi connectivity index (χ3n) is 5.11. The third-order valence-corrected chi connectivity index (χ3v) is 5.11. The highest BCUT2D eigenvalue weighted by molar-refractivity contribution is 5.85. The number of fused-ring (bicyclic) bond motifs is 3. The zero-order valence-corrected chi connectivity index (χ0v) is 11.5. The van der Waals surface area contributed by atoms with Crippen LogP contribution in [0.15, 0.2) is 42.5 Å². The fourth-order valence-corrected chi connectivity index (χ4v) is 3.92. The van der Waals surface area contributed by atoms with Crippen molar-refractivity contribution in [3.63, 3.8) is 0 Å². The zero-order valence-electron chi connectivity index (χ0n) is 11.5. The molecule has 2 bridgehead atoms. The molecule has 0 N–H and O–H groups in total. The molecule has 0 saturated heterocycles. The molecule has 2 heteroatoms. The molecule has 0 unspecified atom stereocenters. The van der Waals surface area contributed by atoms with E-state index in [1.54, 1.807) is 0 Å². The lowest BCUT2D eigenvalue weighted by molar-refractivity contribution is -0.145. The molecule has 4 rings (SSSR count). The first-order valence-electron chi connectivity index (χ1n) is 7.46. The number of esters is 1. The number of benzene rings is 2. The standard InChI is InChI=1S/C18H18O2/c19-17(18-9-7-13(12-18)8-10-18)20-16-6-5-14-3-1-2-4-15(14)11-16/h1-6,11,13H,7-10,12H2. The summed E-state index contributed by atoms with van der Waals surface area (Å²) in [5, 5.41) is 2.29. The Balaban J connectivity index is 1.59. The van der Waals surface area contributed by atoms with Crippen LogP contribution in [0.3, 0.4) is 0 Å². The molecule has 0 radical (unpaired) electrons. The molecule has 2 saturated carbocycles. The van der Waals surface area contributed by atoms with E-state index in [1.807, 2.05) is 36.4 Å². The predicted octanol–water partition coefficient (Wildman–Crippen LogP) is 4.33. The third kappa shape index (κ3) is 1.82. The summed E-state index contributed by atoms with van der Waals surface area (Å²) in [6, 6.07) is 14.0. The van der Waals surface area contributed by atoms with Crippen molar-refractivity contribution in [3.05, 3.63) is 42.5 Å². The molecule has 102 valence electrons. The maximum absolute atomic E-state index is 12.5. The van der Waals surface area contributed by atoms with Gasteiger partial charge in [0.25, 0.3) is 0 Å². The van der Waals surface area contributed by atoms with Gasteiger partial charge in [-0.3, -0.25) is 4.79 Å². The molecule has 2 aliphatic carbocycles. The lowest BCUT2D eigenvalue weighted by atomic mass is 9.84. The molecule has 2 aromatic rings. The van der Waals surface area contributed by atoms with Crippen molar-refractivity contribution in [1.82, 2.24) is 0 Å². The minimum Gasteiger partial charge on any atom is -0.426 e. The lowest BCUT2D eigenvalue weighted by Crippen LogP contribution is -2.30. The van der Waals surface area contributed by atoms with E-state index in [9.17, 15) is 4.79 Å². The van der Waals surface area contributed by atoms with E-state index in [0.717, 1.165) is 30.6 Å². The number of hydrogen-bond donors (Lipinski definition) is 0. The monoisotopic (exact) mass is 266 g/mol. The Morgan fingerprint density at radius 3 is 2.50 bits per heavy atom. The Kier molecular flexibility index (Phi) is 2.59. The van der Waals surface area contributed by atoms with E-state index in [0.29, 0.717) is 5.75 Å². The summed E-state index contributed by atoms with van der Waals surface area (Å²) in [6.07, 6.45) is 5.48. The molecule has 2 nitrogen and oxygen atoms in total. The van der Waals surface area contributed by atoms with Crippen LogP contribution in [-0.4, -0.2) is 5.97 Å². The molecule has 0 aliphatic heterocycles. The van der Waals surface area contributed by atoms with Gasteiger partial charge in [-0.25, -0.2) is 0 Å². The van der Waals surface area contributed by atoms with Crippen LogP contribution in [0.1, 0.15) is 32.1 Å². The molecule has 0 aromatic heterocycles. The van der Waals surface area contributed by atoms with E-state index in [-0.39, 0.29) is 11.4 Å². The van der Waals surface area contributed by atoms with E-state index in [4.69, 9.17) is 4.74 Å². The molecule has 2 aliphatic rings. The van der Waals surface area contributed by atoms with Gasteiger partial charge in [0.2, 0.25) is 0 Å². The van der Waals surface area contributed by atoms with Gasteiger partial charge in [0.05, 0.1) is 5.41 Å². The maximum Gasteiger partial charge on any atom is 0.317 e. The van der Waals surface area contributed by atoms with Gasteiger partial charge in [0.1, 0.15) is 5.75 Å². The molecular weight excluding hydrogens is 248 g/mol. The highest BCUT2D eigenvalue weighted by atomic mass is 16.5. The Bertz CT molecular complexity index is 666. The quantitative estimate of drug-likeness (QED) is 0.597. The smallest absolute Gasteiger partial charge is 0.317 e. The second-order valence-electron chi connectivity index (χ2n) is 6.33. The molecular formula is C18H18O2. The lowest BCUT2D eigenvalue weighted by Gasteiger charge is -2.23. The first-order chi connectivity index (χ1) is 9.75. The second-order valence-corrected chi connectivity index (χ2v) is 6.33. The first-order valence-corrected chi connectivity index (χ1v) is 7.46. The SMILES string of the molecule is O=C(Oc1ccc2ccccc2c1)C12CCC(CC1)C2. The highest BCUT2D eigenvalue weighted by Gasteiger charge is 2.51. The van der Waals surface area contributed by atoms with Gasteiger partial charge in [0.15, 0.2) is 0 Å². The van der Waals surface area contributed by atoms with E-state index in [1.165, 1.54) is 18.2 Å². The van der Waals surface area contributed by atoms with Crippen LogP contribution in [-0.2, 0) is 4.79 Å². The van der Waals surface area contributed by atoms with Crippen LogP contribution in [0, 0.1) is 11.3 Å². The molecule has 2 aromatic carbocycles. The zero-order chi connectivity index (χ0) is 13.6. The molecule has 0 atom stereocenters. The summed E-state index contributed by atoms with van der Waals surface area (Å²) in [4.78, 5) is 12.5. The molecule has 0 heterocycles.